The van der Waals surface area contributed by atoms with E-state index < -0.39 is 6.10 Å². The summed E-state index contributed by atoms with van der Waals surface area (Å²) in [6.45, 7) is 4.61. The number of nitrogens with zero attached hydrogens (tertiary/aromatic N) is 3. The van der Waals surface area contributed by atoms with Gasteiger partial charge in [0.2, 0.25) is 0 Å². The van der Waals surface area contributed by atoms with Crippen LogP contribution >= 0.6 is 0 Å². The van der Waals surface area contributed by atoms with E-state index in [1.165, 1.54) is 0 Å². The van der Waals surface area contributed by atoms with Crippen molar-refractivity contribution in [1.29, 1.82) is 0 Å². The quantitative estimate of drug-likeness (QED) is 0.731. The van der Waals surface area contributed by atoms with Crippen molar-refractivity contribution in [3.63, 3.8) is 0 Å². The molecule has 0 bridgehead atoms. The van der Waals surface area contributed by atoms with Gasteiger partial charge in [-0.25, -0.2) is 0 Å². The maximum Gasteiger partial charge on any atom is 0.255 e. The van der Waals surface area contributed by atoms with Crippen molar-refractivity contribution in [2.45, 2.75) is 58.2 Å². The number of rotatable bonds is 4. The number of aryl methyl sites for hydroxylation is 2. The number of hydrogen-bond donors (Lipinski definition) is 2. The van der Waals surface area contributed by atoms with Crippen LogP contribution in [0.4, 0.5) is 0 Å². The van der Waals surface area contributed by atoms with Gasteiger partial charge in [-0.05, 0) is 49.9 Å². The van der Waals surface area contributed by atoms with Crippen molar-refractivity contribution in [2.75, 3.05) is 0 Å². The minimum Gasteiger partial charge on any atom is -0.391 e. The van der Waals surface area contributed by atoms with Gasteiger partial charge in [0.05, 0.1) is 35.5 Å². The third-order valence-corrected chi connectivity index (χ3v) is 5.55. The molecule has 0 aromatic carbocycles. The summed E-state index contributed by atoms with van der Waals surface area (Å²) in [5.74, 6) is -0.176. The first-order valence-electron chi connectivity index (χ1n) is 9.88. The summed E-state index contributed by atoms with van der Waals surface area (Å²) in [4.78, 5) is 22.0. The first-order valence-corrected chi connectivity index (χ1v) is 9.88. The number of aliphatic hydroxyl groups excluding tert-OH is 1. The zero-order valence-electron chi connectivity index (χ0n) is 16.4. The fourth-order valence-corrected chi connectivity index (χ4v) is 3.97. The molecule has 2 N–H and O–H groups in total. The molecule has 28 heavy (non-hydrogen) atoms. The molecule has 1 unspecified atom stereocenters. The van der Waals surface area contributed by atoms with Crippen molar-refractivity contribution in [1.82, 2.24) is 19.9 Å². The van der Waals surface area contributed by atoms with E-state index in [9.17, 15) is 9.90 Å². The zero-order chi connectivity index (χ0) is 19.7. The molecule has 1 amide bonds. The maximum absolute atomic E-state index is 13.0. The molecule has 4 rings (SSSR count). The molecule has 6 nitrogen and oxygen atoms in total. The molecule has 146 valence electrons. The van der Waals surface area contributed by atoms with E-state index in [4.69, 9.17) is 0 Å². The first-order chi connectivity index (χ1) is 13.5. The Morgan fingerprint density at radius 1 is 1.21 bits per heavy atom. The molecular formula is C22H26N4O2. The third kappa shape index (κ3) is 3.64. The highest BCUT2D eigenvalue weighted by Gasteiger charge is 2.26. The van der Waals surface area contributed by atoms with Crippen LogP contribution in [0.25, 0.3) is 11.0 Å². The highest BCUT2D eigenvalue weighted by molar-refractivity contribution is 6.06. The molecule has 0 radical (unpaired) electrons. The Labute approximate surface area is 164 Å². The molecule has 1 fully saturated rings. The number of hydrogen-bond acceptors (Lipinski definition) is 4. The van der Waals surface area contributed by atoms with Crippen molar-refractivity contribution >= 4 is 16.9 Å². The van der Waals surface area contributed by atoms with Gasteiger partial charge in [-0.1, -0.05) is 18.9 Å². The van der Waals surface area contributed by atoms with E-state index in [1.54, 1.807) is 6.20 Å². The minimum atomic E-state index is -0.475. The minimum absolute atomic E-state index is 0.176. The van der Waals surface area contributed by atoms with Crippen molar-refractivity contribution < 1.29 is 9.90 Å². The van der Waals surface area contributed by atoms with E-state index in [0.29, 0.717) is 17.6 Å². The molecule has 6 heteroatoms. The predicted molar refractivity (Wildman–Crippen MR) is 108 cm³/mol. The molecule has 3 heterocycles. The standard InChI is InChI=1S/C22H26N4O2/c1-14-7-8-16(24-11-14)12-26-13-17(20-21(26)15(2)9-10-23-20)22(28)25-18-5-3-4-6-19(18)27/h7-11,13,18-19,27H,3-6,12H2,1-2H3,(H,25,28)/t18-,19?/m0/s1. The van der Waals surface area contributed by atoms with E-state index in [2.05, 4.69) is 15.3 Å². The summed E-state index contributed by atoms with van der Waals surface area (Å²) in [7, 11) is 0. The van der Waals surface area contributed by atoms with Gasteiger partial charge in [0.1, 0.15) is 5.52 Å². The molecule has 2 atom stereocenters. The van der Waals surface area contributed by atoms with Crippen LogP contribution in [0.15, 0.2) is 36.8 Å². The lowest BCUT2D eigenvalue weighted by Crippen LogP contribution is -2.45. The number of pyridine rings is 2. The van der Waals surface area contributed by atoms with Crippen LogP contribution in [0, 0.1) is 13.8 Å². The third-order valence-electron chi connectivity index (χ3n) is 5.55. The average Bonchev–Trinajstić information content (AvgIpc) is 3.05. The number of aromatic nitrogens is 3. The number of amides is 1. The van der Waals surface area contributed by atoms with Crippen LogP contribution in [0.5, 0.6) is 0 Å². The molecule has 0 aliphatic heterocycles. The van der Waals surface area contributed by atoms with Gasteiger partial charge in [-0.15, -0.1) is 0 Å². The SMILES string of the molecule is Cc1ccc(Cn2cc(C(=O)N[C@H]3CCCCC3O)c3nccc(C)c32)nc1. The van der Waals surface area contributed by atoms with Crippen LogP contribution < -0.4 is 5.32 Å². The molecular weight excluding hydrogens is 352 g/mol. The Kier molecular flexibility index (Phi) is 5.13. The molecule has 1 saturated carbocycles. The average molecular weight is 378 g/mol. The topological polar surface area (TPSA) is 80.0 Å². The summed E-state index contributed by atoms with van der Waals surface area (Å²) in [6, 6.07) is 5.80. The van der Waals surface area contributed by atoms with Gasteiger partial charge >= 0.3 is 0 Å². The highest BCUT2D eigenvalue weighted by Crippen LogP contribution is 2.25. The molecule has 1 aliphatic rings. The van der Waals surface area contributed by atoms with Gasteiger partial charge in [-0.3, -0.25) is 14.8 Å². The lowest BCUT2D eigenvalue weighted by atomic mass is 9.92. The highest BCUT2D eigenvalue weighted by atomic mass is 16.3. The van der Waals surface area contributed by atoms with Crippen molar-refractivity contribution in [3.8, 4) is 0 Å². The van der Waals surface area contributed by atoms with Gasteiger partial charge in [0, 0.05) is 18.6 Å². The Morgan fingerprint density at radius 2 is 2.04 bits per heavy atom. The largest absolute Gasteiger partial charge is 0.391 e. The number of carbonyl (C=O) groups is 1. The van der Waals surface area contributed by atoms with Gasteiger partial charge < -0.3 is 15.0 Å². The number of fused-ring (bicyclic) bond motifs is 1. The van der Waals surface area contributed by atoms with Crippen LogP contribution in [0.3, 0.4) is 0 Å². The van der Waals surface area contributed by atoms with Gasteiger partial charge in [0.15, 0.2) is 0 Å². The van der Waals surface area contributed by atoms with Crippen molar-refractivity contribution in [2.24, 2.45) is 0 Å². The van der Waals surface area contributed by atoms with Crippen LogP contribution in [0.2, 0.25) is 0 Å². The maximum atomic E-state index is 13.0. The Balaban J connectivity index is 1.67. The fraction of sp³-hybridized carbons (Fsp3) is 0.409. The Bertz CT molecular complexity index is 994. The summed E-state index contributed by atoms with van der Waals surface area (Å²) in [5, 5.41) is 13.2. The lowest BCUT2D eigenvalue weighted by molar-refractivity contribution is 0.0718. The van der Waals surface area contributed by atoms with E-state index >= 15 is 0 Å². The smallest absolute Gasteiger partial charge is 0.255 e. The van der Waals surface area contributed by atoms with Crippen LogP contribution in [-0.2, 0) is 6.54 Å². The zero-order valence-corrected chi connectivity index (χ0v) is 16.4. The fourth-order valence-electron chi connectivity index (χ4n) is 3.97. The molecule has 0 spiro atoms. The summed E-state index contributed by atoms with van der Waals surface area (Å²) in [6.07, 6.45) is 8.56. The second-order valence-electron chi connectivity index (χ2n) is 7.75. The van der Waals surface area contributed by atoms with Crippen molar-refractivity contribution in [3.05, 3.63) is 59.2 Å². The first kappa shape index (κ1) is 18.6. The number of aliphatic hydroxyl groups is 1. The summed E-state index contributed by atoms with van der Waals surface area (Å²) >= 11 is 0. The second-order valence-corrected chi connectivity index (χ2v) is 7.75. The van der Waals surface area contributed by atoms with Crippen LogP contribution in [0.1, 0.15) is 52.9 Å². The van der Waals surface area contributed by atoms with E-state index in [0.717, 1.165) is 48.0 Å². The van der Waals surface area contributed by atoms with E-state index in [1.807, 2.05) is 49.0 Å². The molecule has 1 aliphatic carbocycles. The summed E-state index contributed by atoms with van der Waals surface area (Å²) in [5.41, 5.74) is 5.29. The van der Waals surface area contributed by atoms with E-state index in [-0.39, 0.29) is 11.9 Å². The predicted octanol–water partition coefficient (Wildman–Crippen LogP) is 3.13. The Hall–Kier alpha value is -2.73. The van der Waals surface area contributed by atoms with Gasteiger partial charge in [-0.2, -0.15) is 0 Å². The monoisotopic (exact) mass is 378 g/mol. The second kappa shape index (κ2) is 7.72. The lowest BCUT2D eigenvalue weighted by Gasteiger charge is -2.28. The number of carbonyl (C=O) groups excluding carboxylic acids is 1. The normalized spacial score (nSPS) is 19.7. The number of nitrogens with one attached hydrogen (secondary N) is 1. The molecule has 3 aromatic rings. The van der Waals surface area contributed by atoms with Crippen LogP contribution in [-0.4, -0.2) is 37.7 Å². The molecule has 0 saturated heterocycles. The summed E-state index contributed by atoms with van der Waals surface area (Å²) < 4.78 is 2.04. The van der Waals surface area contributed by atoms with Gasteiger partial charge in [0.25, 0.3) is 5.91 Å². The molecule has 3 aromatic heterocycles. The Morgan fingerprint density at radius 3 is 2.79 bits per heavy atom.